The zero-order chi connectivity index (χ0) is 22.3. The molecule has 0 aliphatic heterocycles. The van der Waals surface area contributed by atoms with Crippen molar-refractivity contribution in [2.45, 2.75) is 59.2 Å². The highest BCUT2D eigenvalue weighted by Gasteiger charge is 2.31. The zero-order valence-corrected chi connectivity index (χ0v) is 18.4. The van der Waals surface area contributed by atoms with Gasteiger partial charge < -0.3 is 15.0 Å². The van der Waals surface area contributed by atoms with Gasteiger partial charge in [0.2, 0.25) is 5.91 Å². The molecule has 5 nitrogen and oxygen atoms in total. The average molecular weight is 415 g/mol. The molecule has 0 bridgehead atoms. The topological polar surface area (TPSA) is 58.6 Å². The number of amides is 2. The Labute approximate surface area is 178 Å². The number of halogens is 1. The predicted octanol–water partition coefficient (Wildman–Crippen LogP) is 4.24. The van der Waals surface area contributed by atoms with Crippen LogP contribution in [0.15, 0.2) is 48.5 Å². The molecule has 2 aromatic rings. The molecule has 1 N–H and O–H groups in total. The fourth-order valence-electron chi connectivity index (χ4n) is 3.16. The van der Waals surface area contributed by atoms with E-state index in [1.165, 1.54) is 17.0 Å². The number of hydrogen-bond acceptors (Lipinski definition) is 3. The lowest BCUT2D eigenvalue weighted by Crippen LogP contribution is -2.54. The maximum absolute atomic E-state index is 13.9. The van der Waals surface area contributed by atoms with Gasteiger partial charge in [-0.1, -0.05) is 48.9 Å². The summed E-state index contributed by atoms with van der Waals surface area (Å²) in [5.41, 5.74) is 1.55. The Morgan fingerprint density at radius 3 is 2.43 bits per heavy atom. The first-order valence-corrected chi connectivity index (χ1v) is 10.1. The fraction of sp³-hybridized carbons (Fsp3) is 0.417. The molecule has 1 atom stereocenters. The summed E-state index contributed by atoms with van der Waals surface area (Å²) in [6, 6.07) is 13.1. The largest absolute Gasteiger partial charge is 0.481 e. The van der Waals surface area contributed by atoms with Crippen LogP contribution in [0.3, 0.4) is 0 Å². The minimum atomic E-state index is -0.665. The van der Waals surface area contributed by atoms with Gasteiger partial charge >= 0.3 is 0 Å². The number of carbonyl (C=O) groups excluding carboxylic acids is 2. The molecule has 0 unspecified atom stereocenters. The van der Waals surface area contributed by atoms with E-state index in [-0.39, 0.29) is 30.7 Å². The van der Waals surface area contributed by atoms with Gasteiger partial charge in [-0.3, -0.25) is 9.59 Å². The van der Waals surface area contributed by atoms with Gasteiger partial charge in [0.05, 0.1) is 0 Å². The first-order chi connectivity index (χ1) is 14.1. The van der Waals surface area contributed by atoms with Crippen LogP contribution >= 0.6 is 0 Å². The van der Waals surface area contributed by atoms with Crippen molar-refractivity contribution >= 4 is 11.8 Å². The molecule has 0 aromatic heterocycles. The number of para-hydroxylation sites is 1. The Morgan fingerprint density at radius 2 is 1.83 bits per heavy atom. The van der Waals surface area contributed by atoms with Gasteiger partial charge in [-0.15, -0.1) is 0 Å². The Balaban J connectivity index is 2.25. The van der Waals surface area contributed by atoms with Crippen molar-refractivity contribution in [3.63, 3.8) is 0 Å². The van der Waals surface area contributed by atoms with E-state index in [0.29, 0.717) is 6.42 Å². The van der Waals surface area contributed by atoms with Crippen molar-refractivity contribution in [3.8, 4) is 5.75 Å². The monoisotopic (exact) mass is 414 g/mol. The molecule has 0 aliphatic rings. The Hall–Kier alpha value is -2.89. The normalized spacial score (nSPS) is 12.2. The number of hydrogen-bond donors (Lipinski definition) is 1. The quantitative estimate of drug-likeness (QED) is 0.703. The zero-order valence-electron chi connectivity index (χ0n) is 18.4. The molecule has 0 radical (unpaired) electrons. The molecule has 0 saturated carbocycles. The average Bonchev–Trinajstić information content (AvgIpc) is 2.65. The molecule has 0 heterocycles. The predicted molar refractivity (Wildman–Crippen MR) is 116 cm³/mol. The Morgan fingerprint density at radius 1 is 1.13 bits per heavy atom. The second kappa shape index (κ2) is 10.2. The van der Waals surface area contributed by atoms with Crippen molar-refractivity contribution < 1.29 is 18.7 Å². The Bertz CT molecular complexity index is 877. The van der Waals surface area contributed by atoms with Crippen LogP contribution in [0, 0.1) is 12.7 Å². The second-order valence-corrected chi connectivity index (χ2v) is 8.39. The summed E-state index contributed by atoms with van der Waals surface area (Å²) in [7, 11) is 0. The number of ether oxygens (including phenoxy) is 1. The van der Waals surface area contributed by atoms with E-state index >= 15 is 0 Å². The maximum Gasteiger partial charge on any atom is 0.261 e. The van der Waals surface area contributed by atoms with Gasteiger partial charge in [-0.25, -0.2) is 4.39 Å². The van der Waals surface area contributed by atoms with Crippen molar-refractivity contribution in [2.75, 3.05) is 6.61 Å². The highest BCUT2D eigenvalue weighted by atomic mass is 19.1. The number of benzene rings is 2. The molecule has 2 rings (SSSR count). The first-order valence-electron chi connectivity index (χ1n) is 10.1. The van der Waals surface area contributed by atoms with Gasteiger partial charge in [0.15, 0.2) is 18.2 Å². The summed E-state index contributed by atoms with van der Waals surface area (Å²) >= 11 is 0. The maximum atomic E-state index is 13.9. The van der Waals surface area contributed by atoms with Crippen LogP contribution in [0.5, 0.6) is 5.75 Å². The second-order valence-electron chi connectivity index (χ2n) is 8.39. The van der Waals surface area contributed by atoms with E-state index in [9.17, 15) is 14.0 Å². The van der Waals surface area contributed by atoms with E-state index in [1.54, 1.807) is 12.1 Å². The number of carbonyl (C=O) groups is 2. The Kier molecular flexibility index (Phi) is 7.98. The standard InChI is InChI=1S/C24H31FN2O3/c1-6-20(23(29)26-24(3,4)5)27(15-18-11-9-10-17(2)14-18)22(28)16-30-21-13-8-7-12-19(21)25/h7-14,20H,6,15-16H2,1-5H3,(H,26,29)/t20-/m0/s1. The SMILES string of the molecule is CC[C@@H](C(=O)NC(C)(C)C)N(Cc1cccc(C)c1)C(=O)COc1ccccc1F. The number of aryl methyl sites for hydroxylation is 1. The molecule has 0 aliphatic carbocycles. The van der Waals surface area contributed by atoms with Gasteiger partial charge in [0, 0.05) is 12.1 Å². The van der Waals surface area contributed by atoms with Crippen LogP contribution in [-0.2, 0) is 16.1 Å². The molecule has 2 amide bonds. The van der Waals surface area contributed by atoms with Gasteiger partial charge in [-0.05, 0) is 51.8 Å². The third-order valence-corrected chi connectivity index (χ3v) is 4.51. The van der Waals surface area contributed by atoms with Crippen molar-refractivity contribution in [3.05, 3.63) is 65.5 Å². The van der Waals surface area contributed by atoms with Crippen molar-refractivity contribution in [2.24, 2.45) is 0 Å². The van der Waals surface area contributed by atoms with Crippen LogP contribution in [0.4, 0.5) is 4.39 Å². The molecule has 6 heteroatoms. The minimum absolute atomic E-state index is 0.00791. The lowest BCUT2D eigenvalue weighted by molar-refractivity contribution is -0.143. The van der Waals surface area contributed by atoms with Crippen LogP contribution in [0.1, 0.15) is 45.2 Å². The third-order valence-electron chi connectivity index (χ3n) is 4.51. The van der Waals surface area contributed by atoms with E-state index in [0.717, 1.165) is 11.1 Å². The smallest absolute Gasteiger partial charge is 0.261 e. The van der Waals surface area contributed by atoms with E-state index in [2.05, 4.69) is 5.32 Å². The van der Waals surface area contributed by atoms with Crippen LogP contribution in [0.2, 0.25) is 0 Å². The molecule has 30 heavy (non-hydrogen) atoms. The molecule has 0 spiro atoms. The van der Waals surface area contributed by atoms with E-state index < -0.39 is 17.4 Å². The van der Waals surface area contributed by atoms with Crippen LogP contribution in [-0.4, -0.2) is 34.9 Å². The van der Waals surface area contributed by atoms with Gasteiger partial charge in [-0.2, -0.15) is 0 Å². The minimum Gasteiger partial charge on any atom is -0.481 e. The third kappa shape index (κ3) is 6.87. The summed E-state index contributed by atoms with van der Waals surface area (Å²) in [6.07, 6.45) is 0.444. The number of nitrogens with one attached hydrogen (secondary N) is 1. The lowest BCUT2D eigenvalue weighted by atomic mass is 10.1. The lowest BCUT2D eigenvalue weighted by Gasteiger charge is -2.33. The molecule has 2 aromatic carbocycles. The van der Waals surface area contributed by atoms with E-state index in [1.807, 2.05) is 58.9 Å². The van der Waals surface area contributed by atoms with Gasteiger partial charge in [0.1, 0.15) is 6.04 Å². The highest BCUT2D eigenvalue weighted by molar-refractivity contribution is 5.88. The summed E-state index contributed by atoms with van der Waals surface area (Å²) in [4.78, 5) is 27.5. The van der Waals surface area contributed by atoms with Crippen molar-refractivity contribution in [1.82, 2.24) is 10.2 Å². The van der Waals surface area contributed by atoms with E-state index in [4.69, 9.17) is 4.74 Å². The van der Waals surface area contributed by atoms with Crippen LogP contribution < -0.4 is 10.1 Å². The number of nitrogens with zero attached hydrogens (tertiary/aromatic N) is 1. The fourth-order valence-corrected chi connectivity index (χ4v) is 3.16. The van der Waals surface area contributed by atoms with Crippen molar-refractivity contribution in [1.29, 1.82) is 0 Å². The highest BCUT2D eigenvalue weighted by Crippen LogP contribution is 2.18. The van der Waals surface area contributed by atoms with Gasteiger partial charge in [0.25, 0.3) is 5.91 Å². The first kappa shape index (κ1) is 23.4. The molecule has 0 saturated heterocycles. The summed E-state index contributed by atoms with van der Waals surface area (Å²) in [5, 5.41) is 2.95. The number of rotatable bonds is 8. The molecular weight excluding hydrogens is 383 g/mol. The molecule has 0 fully saturated rings. The van der Waals surface area contributed by atoms with Crippen LogP contribution in [0.25, 0.3) is 0 Å². The molecule has 162 valence electrons. The molecular formula is C24H31FN2O3. The summed E-state index contributed by atoms with van der Waals surface area (Å²) in [5.74, 6) is -1.13. The summed E-state index contributed by atoms with van der Waals surface area (Å²) < 4.78 is 19.3. The summed E-state index contributed by atoms with van der Waals surface area (Å²) in [6.45, 7) is 9.42.